The largest absolute Gasteiger partial charge is 0.459 e. The lowest BCUT2D eigenvalue weighted by atomic mass is 9.81. The maximum atomic E-state index is 12.6. The number of hydrogen-bond acceptors (Lipinski definition) is 5. The molecule has 2 heterocycles. The van der Waals surface area contributed by atoms with Crippen LogP contribution < -0.4 is 0 Å². The molecule has 27 heavy (non-hydrogen) atoms. The molecule has 0 radical (unpaired) electrons. The fraction of sp³-hybridized carbons (Fsp3) is 0.955. The monoisotopic (exact) mass is 384 g/mol. The summed E-state index contributed by atoms with van der Waals surface area (Å²) < 4.78 is 22.5. The first kappa shape index (κ1) is 22.6. The van der Waals surface area contributed by atoms with E-state index in [1.54, 1.807) is 0 Å². The van der Waals surface area contributed by atoms with Crippen molar-refractivity contribution in [1.82, 2.24) is 0 Å². The molecule has 2 unspecified atom stereocenters. The molecule has 0 aromatic rings. The van der Waals surface area contributed by atoms with Crippen LogP contribution in [0.3, 0.4) is 0 Å². The minimum atomic E-state index is -0.433. The van der Waals surface area contributed by atoms with Gasteiger partial charge < -0.3 is 18.9 Å². The molecule has 2 rings (SSSR count). The standard InChI is InChI=1S/C22H40O5/c1-21(2,3)27-20(23)22(14-17-24-18-22)13-9-6-4-5-7-10-15-25-19-12-8-11-16-26-19/h19H,4-18H2,1-3H3. The molecule has 0 aliphatic carbocycles. The van der Waals surface area contributed by atoms with Gasteiger partial charge in [0.15, 0.2) is 6.29 Å². The normalized spacial score (nSPS) is 26.3. The summed E-state index contributed by atoms with van der Waals surface area (Å²) in [6.07, 6.45) is 12.1. The fourth-order valence-corrected chi connectivity index (χ4v) is 3.78. The zero-order valence-electron chi connectivity index (χ0n) is 17.7. The van der Waals surface area contributed by atoms with E-state index in [2.05, 4.69) is 0 Å². The minimum absolute atomic E-state index is 0.0384. The Morgan fingerprint density at radius 1 is 1.04 bits per heavy atom. The Hall–Kier alpha value is -0.650. The van der Waals surface area contributed by atoms with Gasteiger partial charge in [-0.05, 0) is 59.3 Å². The van der Waals surface area contributed by atoms with Crippen LogP contribution in [0.1, 0.15) is 91.4 Å². The van der Waals surface area contributed by atoms with Crippen LogP contribution >= 0.6 is 0 Å². The number of carbonyl (C=O) groups is 1. The first-order valence-corrected chi connectivity index (χ1v) is 11.0. The average Bonchev–Trinajstić information content (AvgIpc) is 3.10. The molecule has 0 amide bonds. The van der Waals surface area contributed by atoms with Gasteiger partial charge in [-0.25, -0.2) is 0 Å². The lowest BCUT2D eigenvalue weighted by Gasteiger charge is -2.30. The third-order valence-electron chi connectivity index (χ3n) is 5.43. The van der Waals surface area contributed by atoms with Gasteiger partial charge in [0.1, 0.15) is 5.60 Å². The van der Waals surface area contributed by atoms with Crippen LogP contribution in [0.2, 0.25) is 0 Å². The number of unbranched alkanes of at least 4 members (excludes halogenated alkanes) is 5. The molecule has 0 aromatic heterocycles. The van der Waals surface area contributed by atoms with E-state index < -0.39 is 11.0 Å². The van der Waals surface area contributed by atoms with Crippen molar-refractivity contribution in [3.05, 3.63) is 0 Å². The molecule has 2 aliphatic heterocycles. The zero-order chi connectivity index (χ0) is 19.6. The number of esters is 1. The second kappa shape index (κ2) is 11.4. The van der Waals surface area contributed by atoms with Crippen molar-refractivity contribution >= 4 is 5.97 Å². The van der Waals surface area contributed by atoms with Crippen LogP contribution in [-0.4, -0.2) is 44.3 Å². The van der Waals surface area contributed by atoms with Crippen molar-refractivity contribution < 1.29 is 23.7 Å². The lowest BCUT2D eigenvalue weighted by molar-refractivity contribution is -0.168. The third kappa shape index (κ3) is 8.49. The van der Waals surface area contributed by atoms with Gasteiger partial charge in [0, 0.05) is 19.8 Å². The topological polar surface area (TPSA) is 54.0 Å². The maximum Gasteiger partial charge on any atom is 0.315 e. The SMILES string of the molecule is CC(C)(C)OC(=O)C1(CCCCCCCCOC2CCCCO2)CCOC1. The number of carbonyl (C=O) groups excluding carboxylic acids is 1. The Balaban J connectivity index is 1.52. The van der Waals surface area contributed by atoms with Crippen molar-refractivity contribution in [1.29, 1.82) is 0 Å². The molecule has 5 heteroatoms. The van der Waals surface area contributed by atoms with Crippen molar-refractivity contribution in [3.63, 3.8) is 0 Å². The van der Waals surface area contributed by atoms with Gasteiger partial charge in [0.05, 0.1) is 12.0 Å². The van der Waals surface area contributed by atoms with Crippen LogP contribution in [-0.2, 0) is 23.7 Å². The van der Waals surface area contributed by atoms with Crippen molar-refractivity contribution in [2.75, 3.05) is 26.4 Å². The fourth-order valence-electron chi connectivity index (χ4n) is 3.78. The summed E-state index contributed by atoms with van der Waals surface area (Å²) in [6.45, 7) is 8.63. The molecule has 0 aromatic carbocycles. The molecule has 2 saturated heterocycles. The Morgan fingerprint density at radius 3 is 2.41 bits per heavy atom. The quantitative estimate of drug-likeness (QED) is 0.370. The summed E-state index contributed by atoms with van der Waals surface area (Å²) in [7, 11) is 0. The predicted molar refractivity (Wildman–Crippen MR) is 106 cm³/mol. The van der Waals surface area contributed by atoms with Crippen molar-refractivity contribution in [2.45, 2.75) is 103 Å². The Bertz CT molecular complexity index is 417. The van der Waals surface area contributed by atoms with Crippen molar-refractivity contribution in [2.24, 2.45) is 5.41 Å². The molecule has 2 atom stereocenters. The van der Waals surface area contributed by atoms with Gasteiger partial charge in [-0.15, -0.1) is 0 Å². The Kier molecular flexibility index (Phi) is 9.54. The van der Waals surface area contributed by atoms with E-state index in [0.717, 1.165) is 51.7 Å². The highest BCUT2D eigenvalue weighted by Gasteiger charge is 2.44. The summed E-state index contributed by atoms with van der Waals surface area (Å²) in [5.41, 5.74) is -0.849. The maximum absolute atomic E-state index is 12.6. The zero-order valence-corrected chi connectivity index (χ0v) is 17.7. The van der Waals surface area contributed by atoms with Gasteiger partial charge in [0.25, 0.3) is 0 Å². The van der Waals surface area contributed by atoms with Gasteiger partial charge in [-0.3, -0.25) is 4.79 Å². The first-order valence-electron chi connectivity index (χ1n) is 11.0. The highest BCUT2D eigenvalue weighted by atomic mass is 16.7. The van der Waals surface area contributed by atoms with Crippen LogP contribution in [0, 0.1) is 5.41 Å². The highest BCUT2D eigenvalue weighted by molar-refractivity contribution is 5.77. The molecule has 0 bridgehead atoms. The van der Waals surface area contributed by atoms with Gasteiger partial charge in [-0.2, -0.15) is 0 Å². The summed E-state index contributed by atoms with van der Waals surface area (Å²) in [6, 6.07) is 0. The van der Waals surface area contributed by atoms with Crippen LogP contribution in [0.4, 0.5) is 0 Å². The van der Waals surface area contributed by atoms with Gasteiger partial charge in [0.2, 0.25) is 0 Å². The highest BCUT2D eigenvalue weighted by Crippen LogP contribution is 2.37. The van der Waals surface area contributed by atoms with E-state index in [-0.39, 0.29) is 12.3 Å². The summed E-state index contributed by atoms with van der Waals surface area (Å²) >= 11 is 0. The number of hydrogen-bond donors (Lipinski definition) is 0. The minimum Gasteiger partial charge on any atom is -0.459 e. The van der Waals surface area contributed by atoms with Crippen LogP contribution in [0.25, 0.3) is 0 Å². The summed E-state index contributed by atoms with van der Waals surface area (Å²) in [5.74, 6) is -0.0745. The predicted octanol–water partition coefficient (Wildman–Crippen LogP) is 5.01. The van der Waals surface area contributed by atoms with E-state index in [4.69, 9.17) is 18.9 Å². The molecule has 0 saturated carbocycles. The molecular weight excluding hydrogens is 344 g/mol. The first-order chi connectivity index (χ1) is 12.9. The lowest BCUT2D eigenvalue weighted by Crippen LogP contribution is -2.38. The summed E-state index contributed by atoms with van der Waals surface area (Å²) in [4.78, 5) is 12.6. The molecule has 158 valence electrons. The smallest absolute Gasteiger partial charge is 0.315 e. The van der Waals surface area contributed by atoms with E-state index in [1.165, 1.54) is 32.1 Å². The summed E-state index contributed by atoms with van der Waals surface area (Å²) in [5, 5.41) is 0. The number of ether oxygens (including phenoxy) is 4. The Labute approximate surface area is 165 Å². The van der Waals surface area contributed by atoms with Crippen LogP contribution in [0.15, 0.2) is 0 Å². The van der Waals surface area contributed by atoms with E-state index >= 15 is 0 Å². The van der Waals surface area contributed by atoms with Gasteiger partial charge in [-0.1, -0.05) is 32.1 Å². The molecule has 2 aliphatic rings. The van der Waals surface area contributed by atoms with E-state index in [0.29, 0.717) is 13.2 Å². The molecule has 0 spiro atoms. The number of rotatable bonds is 11. The third-order valence-corrected chi connectivity index (χ3v) is 5.43. The Morgan fingerprint density at radius 2 is 1.78 bits per heavy atom. The molecule has 5 nitrogen and oxygen atoms in total. The van der Waals surface area contributed by atoms with E-state index in [1.807, 2.05) is 20.8 Å². The van der Waals surface area contributed by atoms with Gasteiger partial charge >= 0.3 is 5.97 Å². The molecule has 0 N–H and O–H groups in total. The van der Waals surface area contributed by atoms with Crippen LogP contribution in [0.5, 0.6) is 0 Å². The average molecular weight is 385 g/mol. The second-order valence-corrected chi connectivity index (χ2v) is 9.12. The molecular formula is C22H40O5. The van der Waals surface area contributed by atoms with E-state index in [9.17, 15) is 4.79 Å². The molecule has 2 fully saturated rings. The second-order valence-electron chi connectivity index (χ2n) is 9.12. The van der Waals surface area contributed by atoms with Crippen molar-refractivity contribution in [3.8, 4) is 0 Å².